The van der Waals surface area contributed by atoms with E-state index >= 15 is 0 Å². The Morgan fingerprint density at radius 3 is 2.89 bits per heavy atom. The van der Waals surface area contributed by atoms with Gasteiger partial charge in [0.15, 0.2) is 0 Å². The standard InChI is InChI=1S/C6H6N2.Cu/c1-2-4-8-5-3-7-6-8;/h1,3,5-6H,4H2;. The smallest absolute Gasteiger partial charge is 0.0954 e. The van der Waals surface area contributed by atoms with Crippen LogP contribution < -0.4 is 0 Å². The van der Waals surface area contributed by atoms with Crippen molar-refractivity contribution in [3.8, 4) is 12.3 Å². The first kappa shape index (κ1) is 8.29. The molecule has 0 fully saturated rings. The van der Waals surface area contributed by atoms with E-state index in [1.807, 2.05) is 10.8 Å². The maximum atomic E-state index is 5.02. The van der Waals surface area contributed by atoms with Crippen molar-refractivity contribution in [2.75, 3.05) is 0 Å². The third-order valence-electron chi connectivity index (χ3n) is 0.833. The number of hydrogen-bond donors (Lipinski definition) is 0. The normalized spacial score (nSPS) is 7.44. The van der Waals surface area contributed by atoms with E-state index in [0.717, 1.165) is 0 Å². The minimum atomic E-state index is 0. The molecule has 0 aliphatic heterocycles. The second kappa shape index (κ2) is 4.20. The van der Waals surface area contributed by atoms with Crippen molar-refractivity contribution in [3.05, 3.63) is 18.7 Å². The summed E-state index contributed by atoms with van der Waals surface area (Å²) in [5, 5.41) is 0. The van der Waals surface area contributed by atoms with Gasteiger partial charge in [-0.25, -0.2) is 4.98 Å². The number of rotatable bonds is 1. The summed E-state index contributed by atoms with van der Waals surface area (Å²) in [7, 11) is 0. The van der Waals surface area contributed by atoms with E-state index in [1.165, 1.54) is 0 Å². The van der Waals surface area contributed by atoms with Crippen LogP contribution in [0.3, 0.4) is 0 Å². The van der Waals surface area contributed by atoms with E-state index in [9.17, 15) is 0 Å². The van der Waals surface area contributed by atoms with Crippen molar-refractivity contribution in [2.24, 2.45) is 0 Å². The number of hydrogen-bond acceptors (Lipinski definition) is 1. The van der Waals surface area contributed by atoms with Crippen LogP contribution in [-0.4, -0.2) is 9.55 Å². The minimum absolute atomic E-state index is 0. The molecule has 1 aromatic heterocycles. The van der Waals surface area contributed by atoms with Gasteiger partial charge < -0.3 is 4.57 Å². The van der Waals surface area contributed by atoms with Crippen molar-refractivity contribution < 1.29 is 17.1 Å². The molecule has 51 valence electrons. The zero-order valence-corrected chi connectivity index (χ0v) is 5.65. The average molecular weight is 170 g/mol. The SMILES string of the molecule is C#CCn1ccnc1.[Cu]. The fraction of sp³-hybridized carbons (Fsp3) is 0.167. The maximum absolute atomic E-state index is 5.02. The number of aromatic nitrogens is 2. The summed E-state index contributed by atoms with van der Waals surface area (Å²) in [6, 6.07) is 0. The molecule has 0 N–H and O–H groups in total. The van der Waals surface area contributed by atoms with Crippen LogP contribution in [0.25, 0.3) is 0 Å². The van der Waals surface area contributed by atoms with Gasteiger partial charge >= 0.3 is 0 Å². The number of terminal acetylenes is 1. The van der Waals surface area contributed by atoms with E-state index in [-0.39, 0.29) is 17.1 Å². The molecule has 0 aromatic carbocycles. The van der Waals surface area contributed by atoms with Crippen LogP contribution >= 0.6 is 0 Å². The molecule has 1 aromatic rings. The summed E-state index contributed by atoms with van der Waals surface area (Å²) in [6.07, 6.45) is 10.3. The Bertz CT molecular complexity index is 185. The average Bonchev–Trinajstić information content (AvgIpc) is 2.19. The fourth-order valence-electron chi connectivity index (χ4n) is 0.486. The molecule has 2 nitrogen and oxygen atoms in total. The largest absolute Gasteiger partial charge is 0.326 e. The Labute approximate surface area is 64.8 Å². The van der Waals surface area contributed by atoms with E-state index in [1.54, 1.807) is 12.5 Å². The van der Waals surface area contributed by atoms with Gasteiger partial charge in [0.25, 0.3) is 0 Å². The molecule has 0 atom stereocenters. The van der Waals surface area contributed by atoms with Crippen molar-refractivity contribution in [2.45, 2.75) is 6.54 Å². The molecule has 0 aliphatic carbocycles. The van der Waals surface area contributed by atoms with Gasteiger partial charge in [-0.15, -0.1) is 6.42 Å². The summed E-state index contributed by atoms with van der Waals surface area (Å²) < 4.78 is 1.83. The molecule has 1 radical (unpaired) electrons. The Balaban J connectivity index is 0.000000640. The van der Waals surface area contributed by atoms with E-state index < -0.39 is 0 Å². The molecule has 0 aliphatic rings. The van der Waals surface area contributed by atoms with Crippen molar-refractivity contribution in [3.63, 3.8) is 0 Å². The van der Waals surface area contributed by atoms with E-state index in [4.69, 9.17) is 6.42 Å². The van der Waals surface area contributed by atoms with Gasteiger partial charge in [0.05, 0.1) is 12.9 Å². The summed E-state index contributed by atoms with van der Waals surface area (Å²) in [5.74, 6) is 2.49. The van der Waals surface area contributed by atoms with Gasteiger partial charge in [0.2, 0.25) is 0 Å². The molecule has 1 heterocycles. The topological polar surface area (TPSA) is 17.8 Å². The Morgan fingerprint density at radius 1 is 1.67 bits per heavy atom. The molecule has 9 heavy (non-hydrogen) atoms. The number of imidazole rings is 1. The maximum Gasteiger partial charge on any atom is 0.0954 e. The van der Waals surface area contributed by atoms with Gasteiger partial charge in [0, 0.05) is 29.5 Å². The van der Waals surface area contributed by atoms with E-state index in [0.29, 0.717) is 6.54 Å². The Morgan fingerprint density at radius 2 is 2.44 bits per heavy atom. The second-order valence-electron chi connectivity index (χ2n) is 1.44. The van der Waals surface area contributed by atoms with E-state index in [2.05, 4.69) is 10.9 Å². The molecular weight excluding hydrogens is 164 g/mol. The molecule has 0 saturated carbocycles. The minimum Gasteiger partial charge on any atom is -0.326 e. The molecule has 0 saturated heterocycles. The summed E-state index contributed by atoms with van der Waals surface area (Å²) in [5.41, 5.74) is 0. The Hall–Kier alpha value is -0.711. The zero-order chi connectivity index (χ0) is 5.82. The van der Waals surface area contributed by atoms with Gasteiger partial charge in [0.1, 0.15) is 0 Å². The monoisotopic (exact) mass is 169 g/mol. The molecule has 0 amide bonds. The predicted molar refractivity (Wildman–Crippen MR) is 31.1 cm³/mol. The van der Waals surface area contributed by atoms with Crippen LogP contribution in [0, 0.1) is 12.3 Å². The van der Waals surface area contributed by atoms with Crippen LogP contribution in [0.4, 0.5) is 0 Å². The zero-order valence-electron chi connectivity index (χ0n) is 4.71. The van der Waals surface area contributed by atoms with Crippen LogP contribution in [0.2, 0.25) is 0 Å². The summed E-state index contributed by atoms with van der Waals surface area (Å²) in [6.45, 7) is 0.611. The molecule has 0 bridgehead atoms. The van der Waals surface area contributed by atoms with Gasteiger partial charge in [-0.2, -0.15) is 0 Å². The third kappa shape index (κ3) is 2.36. The van der Waals surface area contributed by atoms with Gasteiger partial charge in [-0.3, -0.25) is 0 Å². The first-order chi connectivity index (χ1) is 3.93. The van der Waals surface area contributed by atoms with Crippen molar-refractivity contribution in [1.29, 1.82) is 0 Å². The molecule has 1 rings (SSSR count). The first-order valence-corrected chi connectivity index (χ1v) is 2.32. The van der Waals surface area contributed by atoms with Gasteiger partial charge in [-0.1, -0.05) is 5.92 Å². The van der Waals surface area contributed by atoms with Crippen LogP contribution in [0.5, 0.6) is 0 Å². The molecule has 0 spiro atoms. The van der Waals surface area contributed by atoms with Crippen molar-refractivity contribution in [1.82, 2.24) is 9.55 Å². The summed E-state index contributed by atoms with van der Waals surface area (Å²) in [4.78, 5) is 3.81. The first-order valence-electron chi connectivity index (χ1n) is 2.32. The Kier molecular flexibility index (Phi) is 3.87. The van der Waals surface area contributed by atoms with Crippen LogP contribution in [0.15, 0.2) is 18.7 Å². The predicted octanol–water partition coefficient (Wildman–Crippen LogP) is 0.514. The second-order valence-corrected chi connectivity index (χ2v) is 1.44. The summed E-state index contributed by atoms with van der Waals surface area (Å²) >= 11 is 0. The van der Waals surface area contributed by atoms with Crippen LogP contribution in [0.1, 0.15) is 0 Å². The van der Waals surface area contributed by atoms with Crippen LogP contribution in [-0.2, 0) is 23.6 Å². The third-order valence-corrected chi connectivity index (χ3v) is 0.833. The molecule has 0 unspecified atom stereocenters. The fourth-order valence-corrected chi connectivity index (χ4v) is 0.486. The van der Waals surface area contributed by atoms with Crippen molar-refractivity contribution >= 4 is 0 Å². The quantitative estimate of drug-likeness (QED) is 0.443. The molecular formula is C6H6CuN2. The number of nitrogens with zero attached hydrogens (tertiary/aromatic N) is 2. The van der Waals surface area contributed by atoms with Gasteiger partial charge in [-0.05, 0) is 0 Å². The molecule has 3 heteroatoms.